The first kappa shape index (κ1) is 18.2. The van der Waals surface area contributed by atoms with Gasteiger partial charge in [0, 0.05) is 35.8 Å². The van der Waals surface area contributed by atoms with Crippen molar-refractivity contribution in [3.8, 4) is 0 Å². The maximum Gasteiger partial charge on any atom is 0.196 e. The van der Waals surface area contributed by atoms with Gasteiger partial charge >= 0.3 is 0 Å². The minimum atomic E-state index is -2.34. The van der Waals surface area contributed by atoms with E-state index in [1.54, 1.807) is 36.5 Å². The number of halogens is 1. The van der Waals surface area contributed by atoms with Gasteiger partial charge in [0.25, 0.3) is 0 Å². The molecule has 2 aromatic carbocycles. The summed E-state index contributed by atoms with van der Waals surface area (Å²) >= 11 is -2.34. The molecule has 1 atom stereocenters. The molecule has 3 aromatic rings. The summed E-state index contributed by atoms with van der Waals surface area (Å²) in [7, 11) is 0. The number of benzene rings is 2. The van der Waals surface area contributed by atoms with Crippen LogP contribution in [0.1, 0.15) is 27.9 Å². The number of rotatable bonds is 7. The highest BCUT2D eigenvalue weighted by atomic mass is 32.2. The Balaban J connectivity index is 1.82. The van der Waals surface area contributed by atoms with Gasteiger partial charge < -0.3 is 4.55 Å². The summed E-state index contributed by atoms with van der Waals surface area (Å²) in [5, 5.41) is 0. The van der Waals surface area contributed by atoms with E-state index in [2.05, 4.69) is 14.7 Å². The molecule has 0 aliphatic heterocycles. The van der Waals surface area contributed by atoms with Crippen molar-refractivity contribution < 1.29 is 17.9 Å². The molecule has 0 aliphatic rings. The topological polar surface area (TPSA) is 95.0 Å². The van der Waals surface area contributed by atoms with Gasteiger partial charge in [-0.3, -0.25) is 19.0 Å². The fraction of sp³-hybridized carbons (Fsp3) is 0.167. The average Bonchev–Trinajstić information content (AvgIpc) is 2.65. The molecule has 1 unspecified atom stereocenters. The minimum Gasteiger partial charge on any atom is -0.760 e. The number of nitrogens with one attached hydrogen (secondary N) is 1. The minimum absolute atomic E-state index is 0.0221. The van der Waals surface area contributed by atoms with Crippen LogP contribution in [0.4, 0.5) is 4.39 Å². The van der Waals surface area contributed by atoms with Crippen LogP contribution in [0.25, 0.3) is 11.0 Å². The van der Waals surface area contributed by atoms with Gasteiger partial charge in [0.15, 0.2) is 5.78 Å². The number of aryl methyl sites for hydroxylation is 1. The summed E-state index contributed by atoms with van der Waals surface area (Å²) in [5.41, 5.74) is 1.90. The normalized spacial score (nSPS) is 12.2. The molecule has 0 aliphatic carbocycles. The zero-order chi connectivity index (χ0) is 18.5. The number of hydrogen-bond acceptors (Lipinski definition) is 5. The third kappa shape index (κ3) is 4.16. The maximum atomic E-state index is 14.7. The molecule has 1 aromatic heterocycles. The molecular formula is C18H15FN3O3S-. The number of carbonyl (C=O) groups is 1. The molecular weight excluding hydrogens is 357 g/mol. The van der Waals surface area contributed by atoms with Gasteiger partial charge in [-0.15, -0.1) is 0 Å². The molecule has 0 fully saturated rings. The van der Waals surface area contributed by atoms with Gasteiger partial charge in [-0.25, -0.2) is 9.11 Å². The fourth-order valence-electron chi connectivity index (χ4n) is 2.64. The smallest absolute Gasteiger partial charge is 0.196 e. The quantitative estimate of drug-likeness (QED) is 0.390. The summed E-state index contributed by atoms with van der Waals surface area (Å²) in [6.45, 7) is 0.205. The Morgan fingerprint density at radius 2 is 1.92 bits per heavy atom. The molecule has 0 radical (unpaired) electrons. The molecule has 0 spiro atoms. The summed E-state index contributed by atoms with van der Waals surface area (Å²) in [4.78, 5) is 21.0. The van der Waals surface area contributed by atoms with Crippen molar-refractivity contribution in [2.45, 2.75) is 12.8 Å². The van der Waals surface area contributed by atoms with Crippen LogP contribution < -0.4 is 4.72 Å². The lowest BCUT2D eigenvalue weighted by molar-refractivity contribution is 0.103. The standard InChI is InChI=1S/C18H16FN3O3S/c19-17-12(4-2-8-22-26(24)25)3-1-5-14(17)18(23)13-6-7-15-16(11-13)21-10-9-20-15/h1,3,5-7,9-11,22H,2,4,8H2,(H,24,25)/p-1. The largest absolute Gasteiger partial charge is 0.760 e. The van der Waals surface area contributed by atoms with Crippen LogP contribution >= 0.6 is 0 Å². The Hall–Kier alpha value is -2.55. The SMILES string of the molecule is O=C(c1ccc2nccnc2c1)c1cccc(CCCNS(=O)[O-])c1F. The van der Waals surface area contributed by atoms with Gasteiger partial charge in [-0.05, 0) is 42.7 Å². The van der Waals surface area contributed by atoms with Crippen molar-refractivity contribution in [1.82, 2.24) is 14.7 Å². The van der Waals surface area contributed by atoms with E-state index in [-0.39, 0.29) is 12.1 Å². The second kappa shape index (κ2) is 8.22. The Morgan fingerprint density at radius 1 is 1.15 bits per heavy atom. The number of carbonyl (C=O) groups excluding carboxylic acids is 1. The van der Waals surface area contributed by atoms with Crippen LogP contribution in [-0.4, -0.2) is 31.1 Å². The lowest BCUT2D eigenvalue weighted by Gasteiger charge is -2.10. The maximum absolute atomic E-state index is 14.7. The molecule has 1 N–H and O–H groups in total. The second-order valence-electron chi connectivity index (χ2n) is 5.60. The predicted molar refractivity (Wildman–Crippen MR) is 94.6 cm³/mol. The van der Waals surface area contributed by atoms with Crippen molar-refractivity contribution in [3.63, 3.8) is 0 Å². The van der Waals surface area contributed by atoms with E-state index in [0.29, 0.717) is 35.0 Å². The van der Waals surface area contributed by atoms with Crippen LogP contribution in [-0.2, 0) is 17.7 Å². The summed E-state index contributed by atoms with van der Waals surface area (Å²) in [6.07, 6.45) is 3.83. The van der Waals surface area contributed by atoms with E-state index in [1.807, 2.05) is 0 Å². The summed E-state index contributed by atoms with van der Waals surface area (Å²) < 4.78 is 37.8. The first-order valence-corrected chi connectivity index (χ1v) is 8.99. The monoisotopic (exact) mass is 372 g/mol. The van der Waals surface area contributed by atoms with E-state index in [4.69, 9.17) is 0 Å². The Morgan fingerprint density at radius 3 is 2.69 bits per heavy atom. The van der Waals surface area contributed by atoms with Crippen LogP contribution in [0.3, 0.4) is 0 Å². The lowest BCUT2D eigenvalue weighted by atomic mass is 9.98. The zero-order valence-corrected chi connectivity index (χ0v) is 14.5. The first-order valence-electron chi connectivity index (χ1n) is 7.92. The van der Waals surface area contributed by atoms with Gasteiger partial charge in [0.1, 0.15) is 5.82 Å². The van der Waals surface area contributed by atoms with Crippen molar-refractivity contribution >= 4 is 28.1 Å². The van der Waals surface area contributed by atoms with Gasteiger partial charge in [-0.2, -0.15) is 0 Å². The van der Waals surface area contributed by atoms with Gasteiger partial charge in [-0.1, -0.05) is 12.1 Å². The Bertz CT molecular complexity index is 981. The van der Waals surface area contributed by atoms with Gasteiger partial charge in [0.2, 0.25) is 0 Å². The molecule has 3 rings (SSSR count). The number of ketones is 1. The molecule has 26 heavy (non-hydrogen) atoms. The number of aromatic nitrogens is 2. The highest BCUT2D eigenvalue weighted by Crippen LogP contribution is 2.20. The van der Waals surface area contributed by atoms with E-state index >= 15 is 0 Å². The van der Waals surface area contributed by atoms with Crippen molar-refractivity contribution in [2.24, 2.45) is 0 Å². The van der Waals surface area contributed by atoms with E-state index in [1.165, 1.54) is 12.3 Å². The fourth-order valence-corrected chi connectivity index (χ4v) is 2.95. The molecule has 8 heteroatoms. The zero-order valence-electron chi connectivity index (χ0n) is 13.6. The highest BCUT2D eigenvalue weighted by Gasteiger charge is 2.17. The van der Waals surface area contributed by atoms with E-state index in [9.17, 15) is 17.9 Å². The molecule has 1 heterocycles. The predicted octanol–water partition coefficient (Wildman–Crippen LogP) is 2.32. The molecule has 0 amide bonds. The average molecular weight is 372 g/mol. The van der Waals surface area contributed by atoms with Crippen molar-refractivity contribution in [3.05, 3.63) is 71.3 Å². The highest BCUT2D eigenvalue weighted by molar-refractivity contribution is 7.77. The molecule has 134 valence electrons. The van der Waals surface area contributed by atoms with E-state index in [0.717, 1.165) is 0 Å². The number of hydrogen-bond donors (Lipinski definition) is 1. The molecule has 0 bridgehead atoms. The molecule has 6 nitrogen and oxygen atoms in total. The third-order valence-electron chi connectivity index (χ3n) is 3.90. The molecule has 0 saturated carbocycles. The Labute approximate surface area is 151 Å². The van der Waals surface area contributed by atoms with Crippen molar-refractivity contribution in [1.29, 1.82) is 0 Å². The van der Waals surface area contributed by atoms with Crippen molar-refractivity contribution in [2.75, 3.05) is 6.54 Å². The Kier molecular flexibility index (Phi) is 5.77. The first-order chi connectivity index (χ1) is 12.6. The third-order valence-corrected chi connectivity index (χ3v) is 4.34. The lowest BCUT2D eigenvalue weighted by Crippen LogP contribution is -2.18. The number of nitrogens with zero attached hydrogens (tertiary/aromatic N) is 2. The van der Waals surface area contributed by atoms with Gasteiger partial charge in [0.05, 0.1) is 16.6 Å². The summed E-state index contributed by atoms with van der Waals surface area (Å²) in [6, 6.07) is 9.50. The van der Waals surface area contributed by atoms with Crippen LogP contribution in [0, 0.1) is 5.82 Å². The summed E-state index contributed by atoms with van der Waals surface area (Å²) in [5.74, 6) is -1.02. The van der Waals surface area contributed by atoms with Crippen LogP contribution in [0.2, 0.25) is 0 Å². The van der Waals surface area contributed by atoms with Crippen LogP contribution in [0.5, 0.6) is 0 Å². The van der Waals surface area contributed by atoms with Crippen LogP contribution in [0.15, 0.2) is 48.8 Å². The molecule has 0 saturated heterocycles. The van der Waals surface area contributed by atoms with E-state index < -0.39 is 22.9 Å². The number of fused-ring (bicyclic) bond motifs is 1. The second-order valence-corrected chi connectivity index (χ2v) is 6.36.